The molecule has 1 atom stereocenters. The van der Waals surface area contributed by atoms with Crippen molar-refractivity contribution in [2.75, 3.05) is 10.8 Å². The molecule has 0 saturated heterocycles. The van der Waals surface area contributed by atoms with Crippen molar-refractivity contribution in [3.63, 3.8) is 0 Å². The summed E-state index contributed by atoms with van der Waals surface area (Å²) in [6.45, 7) is 13.1. The summed E-state index contributed by atoms with van der Waals surface area (Å²) >= 11 is 0. The van der Waals surface area contributed by atoms with Crippen LogP contribution in [-0.4, -0.2) is 43.3 Å². The van der Waals surface area contributed by atoms with E-state index in [-0.39, 0.29) is 23.3 Å². The number of aryl methyl sites for hydroxylation is 1. The first kappa shape index (κ1) is 30.9. The third-order valence-electron chi connectivity index (χ3n) is 6.60. The molecule has 0 radical (unpaired) electrons. The first-order valence-electron chi connectivity index (χ1n) is 13.5. The molecule has 40 heavy (non-hydrogen) atoms. The average Bonchev–Trinajstić information content (AvgIpc) is 2.90. The Morgan fingerprint density at radius 1 is 0.850 bits per heavy atom. The summed E-state index contributed by atoms with van der Waals surface area (Å²) in [6.07, 6.45) is 0. The molecule has 2 amide bonds. The SMILES string of the molecule is Cc1ccc(CN(C(=O)CN(c2ccc(C(C)C)cc2)S(=O)(=O)c2ccccc2)[C@@H](C)C(=O)NC(C)(C)C)cc1. The molecule has 3 aromatic carbocycles. The van der Waals surface area contributed by atoms with Crippen molar-refractivity contribution in [3.8, 4) is 0 Å². The predicted octanol–water partition coefficient (Wildman–Crippen LogP) is 5.65. The standard InChI is InChI=1S/C32H41N3O4S/c1-23(2)27-17-19-28(20-18-27)35(40(38,39)29-11-9-8-10-12-29)22-30(36)34(21-26-15-13-24(3)14-16-26)25(4)31(37)33-32(5,6)7/h8-20,23,25H,21-22H2,1-7H3,(H,33,37)/t25-/m0/s1. The van der Waals surface area contributed by atoms with Crippen LogP contribution in [-0.2, 0) is 26.2 Å². The monoisotopic (exact) mass is 563 g/mol. The van der Waals surface area contributed by atoms with Crippen LogP contribution < -0.4 is 9.62 Å². The highest BCUT2D eigenvalue weighted by Gasteiger charge is 2.33. The van der Waals surface area contributed by atoms with Crippen LogP contribution in [0.1, 0.15) is 64.2 Å². The van der Waals surface area contributed by atoms with E-state index >= 15 is 0 Å². The third-order valence-corrected chi connectivity index (χ3v) is 8.38. The van der Waals surface area contributed by atoms with E-state index in [0.717, 1.165) is 21.0 Å². The van der Waals surface area contributed by atoms with Crippen LogP contribution in [0.5, 0.6) is 0 Å². The molecule has 7 nitrogen and oxygen atoms in total. The number of anilines is 1. The minimum absolute atomic E-state index is 0.0827. The Kier molecular flexibility index (Phi) is 9.79. The summed E-state index contributed by atoms with van der Waals surface area (Å²) in [4.78, 5) is 28.7. The first-order valence-corrected chi connectivity index (χ1v) is 15.0. The average molecular weight is 564 g/mol. The van der Waals surface area contributed by atoms with Crippen LogP contribution in [0, 0.1) is 6.92 Å². The highest BCUT2D eigenvalue weighted by atomic mass is 32.2. The van der Waals surface area contributed by atoms with Crippen molar-refractivity contribution >= 4 is 27.5 Å². The Balaban J connectivity index is 2.03. The van der Waals surface area contributed by atoms with Gasteiger partial charge in [0.25, 0.3) is 10.0 Å². The maximum atomic E-state index is 14.0. The number of hydrogen-bond acceptors (Lipinski definition) is 4. The summed E-state index contributed by atoms with van der Waals surface area (Å²) in [5.41, 5.74) is 2.85. The molecule has 0 saturated carbocycles. The number of benzene rings is 3. The highest BCUT2D eigenvalue weighted by molar-refractivity contribution is 7.92. The molecule has 0 aliphatic rings. The Bertz CT molecular complexity index is 1400. The summed E-state index contributed by atoms with van der Waals surface area (Å²) < 4.78 is 28.9. The second kappa shape index (κ2) is 12.7. The first-order chi connectivity index (χ1) is 18.7. The third kappa shape index (κ3) is 7.94. The zero-order valence-corrected chi connectivity index (χ0v) is 25.3. The molecule has 3 aromatic rings. The molecule has 0 spiro atoms. The van der Waals surface area contributed by atoms with Crippen LogP contribution in [0.25, 0.3) is 0 Å². The molecule has 8 heteroatoms. The molecular formula is C32H41N3O4S. The van der Waals surface area contributed by atoms with E-state index in [0.29, 0.717) is 5.69 Å². The van der Waals surface area contributed by atoms with Crippen molar-refractivity contribution in [3.05, 3.63) is 95.6 Å². The van der Waals surface area contributed by atoms with Crippen LogP contribution in [0.3, 0.4) is 0 Å². The van der Waals surface area contributed by atoms with Crippen molar-refractivity contribution in [1.29, 1.82) is 0 Å². The maximum Gasteiger partial charge on any atom is 0.264 e. The van der Waals surface area contributed by atoms with E-state index in [2.05, 4.69) is 19.2 Å². The van der Waals surface area contributed by atoms with Gasteiger partial charge in [-0.05, 0) is 75.9 Å². The van der Waals surface area contributed by atoms with Gasteiger partial charge in [-0.2, -0.15) is 0 Å². The molecule has 3 rings (SSSR count). The van der Waals surface area contributed by atoms with E-state index in [1.54, 1.807) is 37.3 Å². The largest absolute Gasteiger partial charge is 0.350 e. The summed E-state index contributed by atoms with van der Waals surface area (Å²) in [7, 11) is -4.08. The van der Waals surface area contributed by atoms with Gasteiger partial charge in [-0.25, -0.2) is 8.42 Å². The smallest absolute Gasteiger partial charge is 0.264 e. The zero-order valence-electron chi connectivity index (χ0n) is 24.5. The quantitative estimate of drug-likeness (QED) is 0.346. The second-order valence-corrected chi connectivity index (χ2v) is 13.4. The van der Waals surface area contributed by atoms with Crippen LogP contribution >= 0.6 is 0 Å². The molecule has 0 fully saturated rings. The van der Waals surface area contributed by atoms with Gasteiger partial charge in [-0.3, -0.25) is 13.9 Å². The van der Waals surface area contributed by atoms with Crippen LogP contribution in [0.2, 0.25) is 0 Å². The zero-order chi connectivity index (χ0) is 29.7. The Morgan fingerprint density at radius 3 is 1.95 bits per heavy atom. The lowest BCUT2D eigenvalue weighted by Crippen LogP contribution is -2.54. The topological polar surface area (TPSA) is 86.8 Å². The van der Waals surface area contributed by atoms with E-state index in [1.807, 2.05) is 64.1 Å². The number of hydrogen-bond donors (Lipinski definition) is 1. The van der Waals surface area contributed by atoms with Crippen LogP contribution in [0.15, 0.2) is 83.8 Å². The van der Waals surface area contributed by atoms with Gasteiger partial charge >= 0.3 is 0 Å². The molecule has 0 aliphatic heterocycles. The Hall–Kier alpha value is -3.65. The van der Waals surface area contributed by atoms with Crippen molar-refractivity contribution < 1.29 is 18.0 Å². The Morgan fingerprint density at radius 2 is 1.43 bits per heavy atom. The fraction of sp³-hybridized carbons (Fsp3) is 0.375. The van der Waals surface area contributed by atoms with Crippen LogP contribution in [0.4, 0.5) is 5.69 Å². The fourth-order valence-electron chi connectivity index (χ4n) is 4.22. The summed E-state index contributed by atoms with van der Waals surface area (Å²) in [6, 6.07) is 22.1. The van der Waals surface area contributed by atoms with E-state index in [9.17, 15) is 18.0 Å². The number of sulfonamides is 1. The lowest BCUT2D eigenvalue weighted by molar-refractivity contribution is -0.140. The number of nitrogens with one attached hydrogen (secondary N) is 1. The minimum atomic E-state index is -4.08. The molecule has 0 aliphatic carbocycles. The maximum absolute atomic E-state index is 14.0. The molecule has 0 heterocycles. The molecule has 1 N–H and O–H groups in total. The molecule has 214 valence electrons. The number of amides is 2. The number of carbonyl (C=O) groups is 2. The van der Waals surface area contributed by atoms with Gasteiger partial charge in [-0.1, -0.05) is 74.0 Å². The normalized spacial score (nSPS) is 12.6. The van der Waals surface area contributed by atoms with Gasteiger partial charge < -0.3 is 10.2 Å². The minimum Gasteiger partial charge on any atom is -0.350 e. The summed E-state index contributed by atoms with van der Waals surface area (Å²) in [5, 5.41) is 2.94. The van der Waals surface area contributed by atoms with Gasteiger partial charge in [0.1, 0.15) is 12.6 Å². The highest BCUT2D eigenvalue weighted by Crippen LogP contribution is 2.26. The lowest BCUT2D eigenvalue weighted by atomic mass is 10.0. The predicted molar refractivity (Wildman–Crippen MR) is 161 cm³/mol. The van der Waals surface area contributed by atoms with Gasteiger partial charge in [-0.15, -0.1) is 0 Å². The van der Waals surface area contributed by atoms with Gasteiger partial charge in [0.05, 0.1) is 10.6 Å². The number of rotatable bonds is 10. The number of carbonyl (C=O) groups excluding carboxylic acids is 2. The molecular weight excluding hydrogens is 522 g/mol. The lowest BCUT2D eigenvalue weighted by Gasteiger charge is -2.33. The van der Waals surface area contributed by atoms with Gasteiger partial charge in [0, 0.05) is 12.1 Å². The number of nitrogens with zero attached hydrogens (tertiary/aromatic N) is 2. The molecule has 0 unspecified atom stereocenters. The molecule has 0 aromatic heterocycles. The van der Waals surface area contributed by atoms with Crippen molar-refractivity contribution in [1.82, 2.24) is 10.2 Å². The van der Waals surface area contributed by atoms with Crippen molar-refractivity contribution in [2.45, 2.75) is 77.4 Å². The van der Waals surface area contributed by atoms with Gasteiger partial charge in [0.15, 0.2) is 0 Å². The van der Waals surface area contributed by atoms with Gasteiger partial charge in [0.2, 0.25) is 11.8 Å². The fourth-order valence-corrected chi connectivity index (χ4v) is 5.66. The molecule has 0 bridgehead atoms. The Labute approximate surface area is 239 Å². The van der Waals surface area contributed by atoms with E-state index in [4.69, 9.17) is 0 Å². The summed E-state index contributed by atoms with van der Waals surface area (Å²) in [5.74, 6) is -0.529. The van der Waals surface area contributed by atoms with Crippen molar-refractivity contribution in [2.24, 2.45) is 0 Å². The van der Waals surface area contributed by atoms with E-state index in [1.165, 1.54) is 17.0 Å². The second-order valence-electron chi connectivity index (χ2n) is 11.5. The van der Waals surface area contributed by atoms with E-state index < -0.39 is 34.1 Å².